The van der Waals surface area contributed by atoms with Crippen LogP contribution in [0.25, 0.3) is 0 Å². The van der Waals surface area contributed by atoms with Crippen LogP contribution >= 0.6 is 0 Å². The quantitative estimate of drug-likeness (QED) is 0.809. The first kappa shape index (κ1) is 18.0. The van der Waals surface area contributed by atoms with Gasteiger partial charge in [0.1, 0.15) is 6.10 Å². The molecule has 2 fully saturated rings. The van der Waals surface area contributed by atoms with Crippen LogP contribution in [-0.4, -0.2) is 49.3 Å². The lowest BCUT2D eigenvalue weighted by Gasteiger charge is -2.32. The number of rotatable bonds is 5. The van der Waals surface area contributed by atoms with Crippen LogP contribution in [0.3, 0.4) is 0 Å². The van der Waals surface area contributed by atoms with Gasteiger partial charge in [-0.2, -0.15) is 0 Å². The lowest BCUT2D eigenvalue weighted by atomic mass is 10.0. The second-order valence-corrected chi connectivity index (χ2v) is 7.22. The topological polar surface area (TPSA) is 53.6 Å². The largest absolute Gasteiger partial charge is 0.371 e. The number of nitrogens with zero attached hydrogens (tertiary/aromatic N) is 1. The first-order valence-corrected chi connectivity index (χ1v) is 9.22. The number of amides is 2. The number of carbonyl (C=O) groups is 1. The highest BCUT2D eigenvalue weighted by Crippen LogP contribution is 2.28. The predicted molar refractivity (Wildman–Crippen MR) is 99.5 cm³/mol. The summed E-state index contributed by atoms with van der Waals surface area (Å²) >= 11 is 0. The number of likely N-dealkylation sites (tertiary alicyclic amines) is 1. The molecule has 3 rings (SSSR count). The molecular weight excluding hydrogens is 314 g/mol. The Hall–Kier alpha value is -1.85. The minimum atomic E-state index is -0.0743. The van der Waals surface area contributed by atoms with Crippen LogP contribution in [0.2, 0.25) is 0 Å². The third-order valence-corrected chi connectivity index (χ3v) is 4.95. The number of urea groups is 1. The third kappa shape index (κ3) is 5.06. The number of nitrogens with one attached hydrogen (secondary N) is 2. The number of ether oxygens (including phenoxy) is 1. The van der Waals surface area contributed by atoms with Gasteiger partial charge in [-0.05, 0) is 31.7 Å². The van der Waals surface area contributed by atoms with Crippen molar-refractivity contribution in [1.82, 2.24) is 15.5 Å². The predicted octanol–water partition coefficient (Wildman–Crippen LogP) is 2.86. The van der Waals surface area contributed by atoms with Crippen molar-refractivity contribution in [3.05, 3.63) is 48.0 Å². The van der Waals surface area contributed by atoms with Crippen LogP contribution in [0.15, 0.2) is 42.5 Å². The fourth-order valence-electron chi connectivity index (χ4n) is 3.72. The van der Waals surface area contributed by atoms with Crippen LogP contribution < -0.4 is 10.6 Å². The molecule has 2 atom stereocenters. The highest BCUT2D eigenvalue weighted by atomic mass is 16.5. The Kier molecular flexibility index (Phi) is 6.10. The number of benzene rings is 1. The first-order valence-electron chi connectivity index (χ1n) is 9.22. The average Bonchev–Trinajstić information content (AvgIpc) is 3.05. The van der Waals surface area contributed by atoms with Crippen molar-refractivity contribution in [2.75, 3.05) is 26.2 Å². The molecule has 5 nitrogen and oxygen atoms in total. The zero-order valence-electron chi connectivity index (χ0n) is 15.0. The second-order valence-electron chi connectivity index (χ2n) is 7.22. The van der Waals surface area contributed by atoms with E-state index in [4.69, 9.17) is 4.74 Å². The molecule has 0 radical (unpaired) electrons. The molecule has 2 aliphatic heterocycles. The van der Waals surface area contributed by atoms with Gasteiger partial charge in [0.2, 0.25) is 0 Å². The van der Waals surface area contributed by atoms with E-state index in [9.17, 15) is 4.79 Å². The van der Waals surface area contributed by atoms with Gasteiger partial charge in [0.05, 0.1) is 6.04 Å². The van der Waals surface area contributed by atoms with Gasteiger partial charge in [-0.25, -0.2) is 4.79 Å². The van der Waals surface area contributed by atoms with E-state index in [0.29, 0.717) is 6.61 Å². The van der Waals surface area contributed by atoms with E-state index in [1.165, 1.54) is 5.57 Å². The molecule has 2 amide bonds. The summed E-state index contributed by atoms with van der Waals surface area (Å²) in [5, 5.41) is 6.25. The molecule has 1 aromatic rings. The van der Waals surface area contributed by atoms with E-state index >= 15 is 0 Å². The molecule has 0 aromatic heterocycles. The monoisotopic (exact) mass is 343 g/mol. The molecule has 0 saturated carbocycles. The van der Waals surface area contributed by atoms with E-state index in [0.717, 1.165) is 44.5 Å². The molecule has 0 unspecified atom stereocenters. The van der Waals surface area contributed by atoms with Gasteiger partial charge >= 0.3 is 6.03 Å². The van der Waals surface area contributed by atoms with Crippen molar-refractivity contribution in [3.8, 4) is 0 Å². The van der Waals surface area contributed by atoms with Crippen molar-refractivity contribution >= 4 is 6.03 Å². The number of piperidine rings is 1. The van der Waals surface area contributed by atoms with Crippen molar-refractivity contribution in [1.29, 1.82) is 0 Å². The van der Waals surface area contributed by atoms with Crippen LogP contribution in [0.4, 0.5) is 4.79 Å². The Bertz CT molecular complexity index is 582. The van der Waals surface area contributed by atoms with E-state index in [-0.39, 0.29) is 24.2 Å². The zero-order chi connectivity index (χ0) is 17.6. The van der Waals surface area contributed by atoms with Crippen molar-refractivity contribution in [3.63, 3.8) is 0 Å². The second kappa shape index (κ2) is 8.50. The standard InChI is InChI=1S/C20H29N3O2/c1-15(2)14-23-11-8-17(9-12-23)21-20(24)22-18-10-13-25-19(18)16-6-4-3-5-7-16/h3-7,17-19H,1,8-14H2,2H3,(H2,21,22,24)/t18-,19-/m1/s1. The molecule has 2 aliphatic rings. The summed E-state index contributed by atoms with van der Waals surface area (Å²) in [6.45, 7) is 9.69. The van der Waals surface area contributed by atoms with Crippen LogP contribution in [-0.2, 0) is 4.74 Å². The molecule has 2 heterocycles. The van der Waals surface area contributed by atoms with Crippen LogP contribution in [0.5, 0.6) is 0 Å². The smallest absolute Gasteiger partial charge is 0.315 e. The molecule has 0 aliphatic carbocycles. The van der Waals surface area contributed by atoms with E-state index in [2.05, 4.69) is 41.2 Å². The van der Waals surface area contributed by atoms with Gasteiger partial charge in [-0.3, -0.25) is 4.90 Å². The molecular formula is C20H29N3O2. The Morgan fingerprint density at radius 2 is 1.92 bits per heavy atom. The average molecular weight is 343 g/mol. The molecule has 2 N–H and O–H groups in total. The van der Waals surface area contributed by atoms with Gasteiger partial charge in [0.15, 0.2) is 0 Å². The molecule has 1 aromatic carbocycles. The van der Waals surface area contributed by atoms with Crippen molar-refractivity contribution in [2.45, 2.75) is 44.4 Å². The molecule has 5 heteroatoms. The number of hydrogen-bond acceptors (Lipinski definition) is 3. The Balaban J connectivity index is 1.46. The highest BCUT2D eigenvalue weighted by Gasteiger charge is 2.31. The van der Waals surface area contributed by atoms with Gasteiger partial charge in [-0.1, -0.05) is 42.5 Å². The van der Waals surface area contributed by atoms with Crippen molar-refractivity contribution in [2.24, 2.45) is 0 Å². The summed E-state index contributed by atoms with van der Waals surface area (Å²) in [5.41, 5.74) is 2.32. The SMILES string of the molecule is C=C(C)CN1CCC(NC(=O)N[C@@H]2CCO[C@@H]2c2ccccc2)CC1. The minimum absolute atomic E-state index is 0.0332. The molecule has 0 bridgehead atoms. The minimum Gasteiger partial charge on any atom is -0.371 e. The summed E-state index contributed by atoms with van der Waals surface area (Å²) in [4.78, 5) is 14.8. The Labute approximate surface area is 150 Å². The van der Waals surface area contributed by atoms with E-state index in [1.54, 1.807) is 0 Å². The maximum absolute atomic E-state index is 12.4. The molecule has 0 spiro atoms. The third-order valence-electron chi connectivity index (χ3n) is 4.95. The molecule has 136 valence electrons. The summed E-state index contributed by atoms with van der Waals surface area (Å²) in [6.07, 6.45) is 2.78. The fraction of sp³-hybridized carbons (Fsp3) is 0.550. The lowest BCUT2D eigenvalue weighted by molar-refractivity contribution is 0.0996. The van der Waals surface area contributed by atoms with Gasteiger partial charge in [-0.15, -0.1) is 0 Å². The van der Waals surface area contributed by atoms with Crippen LogP contribution in [0, 0.1) is 0 Å². The number of hydrogen-bond donors (Lipinski definition) is 2. The van der Waals surface area contributed by atoms with E-state index in [1.807, 2.05) is 18.2 Å². The van der Waals surface area contributed by atoms with Gasteiger partial charge in [0, 0.05) is 32.3 Å². The highest BCUT2D eigenvalue weighted by molar-refractivity contribution is 5.74. The normalized spacial score (nSPS) is 24.8. The van der Waals surface area contributed by atoms with E-state index < -0.39 is 0 Å². The lowest BCUT2D eigenvalue weighted by Crippen LogP contribution is -2.50. The molecule has 25 heavy (non-hydrogen) atoms. The van der Waals surface area contributed by atoms with Gasteiger partial charge in [0.25, 0.3) is 0 Å². The summed E-state index contributed by atoms with van der Waals surface area (Å²) in [6, 6.07) is 10.3. The Morgan fingerprint density at radius 1 is 1.20 bits per heavy atom. The maximum Gasteiger partial charge on any atom is 0.315 e. The zero-order valence-corrected chi connectivity index (χ0v) is 15.0. The summed E-state index contributed by atoms with van der Waals surface area (Å²) < 4.78 is 5.84. The molecule has 2 saturated heterocycles. The van der Waals surface area contributed by atoms with Crippen molar-refractivity contribution < 1.29 is 9.53 Å². The summed E-state index contributed by atoms with van der Waals surface area (Å²) in [7, 11) is 0. The number of carbonyl (C=O) groups excluding carboxylic acids is 1. The first-order chi connectivity index (χ1) is 12.1. The Morgan fingerprint density at radius 3 is 2.60 bits per heavy atom. The maximum atomic E-state index is 12.4. The van der Waals surface area contributed by atoms with Gasteiger partial charge < -0.3 is 15.4 Å². The fourth-order valence-corrected chi connectivity index (χ4v) is 3.72. The summed E-state index contributed by atoms with van der Waals surface area (Å²) in [5.74, 6) is 0. The van der Waals surface area contributed by atoms with Crippen LogP contribution in [0.1, 0.15) is 37.9 Å².